The molecule has 3 aromatic rings. The van der Waals surface area contributed by atoms with Crippen molar-refractivity contribution in [2.24, 2.45) is 0 Å². The van der Waals surface area contributed by atoms with Crippen LogP contribution >= 0.6 is 35.6 Å². The minimum atomic E-state index is -0.325. The molecule has 0 spiro atoms. The minimum Gasteiger partial charge on any atom is -0.368 e. The van der Waals surface area contributed by atoms with Crippen LogP contribution in [0, 0.1) is 0 Å². The van der Waals surface area contributed by atoms with E-state index in [2.05, 4.69) is 15.3 Å². The normalized spacial score (nSPS) is 10.0. The summed E-state index contributed by atoms with van der Waals surface area (Å²) in [6.45, 7) is 0. The van der Waals surface area contributed by atoms with Gasteiger partial charge in [0.1, 0.15) is 0 Å². The van der Waals surface area contributed by atoms with E-state index in [1.165, 1.54) is 0 Å². The second-order valence-electron chi connectivity index (χ2n) is 4.96. The van der Waals surface area contributed by atoms with Gasteiger partial charge in [-0.25, -0.2) is 9.97 Å². The first-order valence-electron chi connectivity index (χ1n) is 6.98. The van der Waals surface area contributed by atoms with Crippen molar-refractivity contribution in [1.82, 2.24) is 9.97 Å². The zero-order valence-corrected chi connectivity index (χ0v) is 15.1. The molecule has 8 heteroatoms. The van der Waals surface area contributed by atoms with Crippen LogP contribution in [0.25, 0.3) is 11.3 Å². The molecule has 3 N–H and O–H groups in total. The van der Waals surface area contributed by atoms with E-state index < -0.39 is 0 Å². The summed E-state index contributed by atoms with van der Waals surface area (Å²) in [4.78, 5) is 20.5. The predicted molar refractivity (Wildman–Crippen MR) is 104 cm³/mol. The zero-order valence-electron chi connectivity index (χ0n) is 12.7. The Labute approximate surface area is 160 Å². The summed E-state index contributed by atoms with van der Waals surface area (Å²) in [6.07, 6.45) is 1.56. The fourth-order valence-electron chi connectivity index (χ4n) is 2.22. The van der Waals surface area contributed by atoms with Crippen molar-refractivity contribution in [3.05, 3.63) is 70.3 Å². The van der Waals surface area contributed by atoms with Crippen LogP contribution in [0.5, 0.6) is 0 Å². The molecule has 128 valence electrons. The van der Waals surface area contributed by atoms with Gasteiger partial charge in [-0.1, -0.05) is 41.4 Å². The maximum absolute atomic E-state index is 12.5. The highest BCUT2D eigenvalue weighted by atomic mass is 35.5. The van der Waals surface area contributed by atoms with Gasteiger partial charge in [-0.2, -0.15) is 0 Å². The van der Waals surface area contributed by atoms with Crippen molar-refractivity contribution in [3.8, 4) is 11.3 Å². The lowest BCUT2D eigenvalue weighted by Crippen LogP contribution is -2.13. The molecule has 0 fully saturated rings. The van der Waals surface area contributed by atoms with Crippen molar-refractivity contribution in [3.63, 3.8) is 0 Å². The van der Waals surface area contributed by atoms with Crippen LogP contribution in [0.3, 0.4) is 0 Å². The maximum atomic E-state index is 12.5. The van der Waals surface area contributed by atoms with Crippen LogP contribution in [-0.4, -0.2) is 15.9 Å². The summed E-state index contributed by atoms with van der Waals surface area (Å²) in [7, 11) is 0. The SMILES string of the molecule is Cl.Nc1nccc(-c2ccccc2NC(=O)c2cc(Cl)cc(Cl)c2)n1. The van der Waals surface area contributed by atoms with E-state index in [-0.39, 0.29) is 24.3 Å². The molecule has 0 aliphatic rings. The predicted octanol–water partition coefficient (Wildman–Crippen LogP) is 4.71. The Morgan fingerprint density at radius 3 is 2.40 bits per heavy atom. The monoisotopic (exact) mass is 394 g/mol. The molecule has 0 saturated carbocycles. The van der Waals surface area contributed by atoms with E-state index in [9.17, 15) is 4.79 Å². The molecule has 0 radical (unpaired) electrons. The average molecular weight is 396 g/mol. The second-order valence-corrected chi connectivity index (χ2v) is 5.83. The molecule has 0 bridgehead atoms. The number of nitrogen functional groups attached to an aromatic ring is 1. The smallest absolute Gasteiger partial charge is 0.255 e. The number of carbonyl (C=O) groups is 1. The highest BCUT2D eigenvalue weighted by Gasteiger charge is 2.12. The molecule has 1 amide bonds. The van der Waals surface area contributed by atoms with Crippen molar-refractivity contribution in [2.45, 2.75) is 0 Å². The van der Waals surface area contributed by atoms with E-state index in [0.29, 0.717) is 27.0 Å². The van der Waals surface area contributed by atoms with E-state index in [1.807, 2.05) is 18.2 Å². The van der Waals surface area contributed by atoms with Gasteiger partial charge in [-0.05, 0) is 30.3 Å². The number of carbonyl (C=O) groups excluding carboxylic acids is 1. The van der Waals surface area contributed by atoms with E-state index in [4.69, 9.17) is 28.9 Å². The maximum Gasteiger partial charge on any atom is 0.255 e. The summed E-state index contributed by atoms with van der Waals surface area (Å²) >= 11 is 11.9. The van der Waals surface area contributed by atoms with Gasteiger partial charge >= 0.3 is 0 Å². The Balaban J connectivity index is 0.00000225. The Morgan fingerprint density at radius 2 is 1.72 bits per heavy atom. The lowest BCUT2D eigenvalue weighted by Gasteiger charge is -2.11. The number of nitrogens with two attached hydrogens (primary N) is 1. The third kappa shape index (κ3) is 4.60. The van der Waals surface area contributed by atoms with Gasteiger partial charge in [-0.15, -0.1) is 12.4 Å². The van der Waals surface area contributed by atoms with Crippen molar-refractivity contribution < 1.29 is 4.79 Å². The lowest BCUT2D eigenvalue weighted by molar-refractivity contribution is 0.102. The van der Waals surface area contributed by atoms with Crippen LogP contribution < -0.4 is 11.1 Å². The Morgan fingerprint density at radius 1 is 1.04 bits per heavy atom. The highest BCUT2D eigenvalue weighted by Crippen LogP contribution is 2.27. The molecule has 2 aromatic carbocycles. The van der Waals surface area contributed by atoms with Gasteiger partial charge in [0.2, 0.25) is 5.95 Å². The largest absolute Gasteiger partial charge is 0.368 e. The number of benzene rings is 2. The van der Waals surface area contributed by atoms with Crippen LogP contribution in [0.15, 0.2) is 54.7 Å². The molecular formula is C17H13Cl3N4O. The van der Waals surface area contributed by atoms with Crippen LogP contribution in [0.2, 0.25) is 10.0 Å². The molecule has 1 heterocycles. The second kappa shape index (κ2) is 8.16. The van der Waals surface area contributed by atoms with Crippen molar-refractivity contribution in [2.75, 3.05) is 11.1 Å². The highest BCUT2D eigenvalue weighted by molar-refractivity contribution is 6.35. The first-order valence-corrected chi connectivity index (χ1v) is 7.74. The standard InChI is InChI=1S/C17H12Cl2N4O.ClH/c18-11-7-10(8-12(19)9-11)16(24)22-14-4-2-1-3-13(14)15-5-6-21-17(20)23-15;/h1-9H,(H,22,24)(H2,20,21,23);1H. The van der Waals surface area contributed by atoms with Gasteiger partial charge in [0.25, 0.3) is 5.91 Å². The number of aromatic nitrogens is 2. The van der Waals surface area contributed by atoms with Crippen LogP contribution in [-0.2, 0) is 0 Å². The zero-order chi connectivity index (χ0) is 17.1. The molecule has 5 nitrogen and oxygen atoms in total. The van der Waals surface area contributed by atoms with Gasteiger partial charge in [0, 0.05) is 27.4 Å². The Hall–Kier alpha value is -2.34. The van der Waals surface area contributed by atoms with Gasteiger partial charge < -0.3 is 11.1 Å². The van der Waals surface area contributed by atoms with E-state index in [0.717, 1.165) is 5.56 Å². The molecule has 0 atom stereocenters. The van der Waals surface area contributed by atoms with Gasteiger partial charge in [0.05, 0.1) is 11.4 Å². The third-order valence-corrected chi connectivity index (χ3v) is 3.69. The minimum absolute atomic E-state index is 0. The number of halogens is 3. The Kier molecular flexibility index (Phi) is 6.20. The number of amides is 1. The number of nitrogens with zero attached hydrogens (tertiary/aromatic N) is 2. The molecule has 0 unspecified atom stereocenters. The molecule has 1 aromatic heterocycles. The van der Waals surface area contributed by atoms with Crippen LogP contribution in [0.1, 0.15) is 10.4 Å². The van der Waals surface area contributed by atoms with Gasteiger partial charge in [0.15, 0.2) is 0 Å². The summed E-state index contributed by atoms with van der Waals surface area (Å²) in [6, 6.07) is 13.7. The summed E-state index contributed by atoms with van der Waals surface area (Å²) in [5.74, 6) is -0.163. The fourth-order valence-corrected chi connectivity index (χ4v) is 2.74. The molecule has 0 aliphatic carbocycles. The number of nitrogens with one attached hydrogen (secondary N) is 1. The summed E-state index contributed by atoms with van der Waals surface area (Å²) in [5.41, 5.74) is 7.94. The van der Waals surface area contributed by atoms with Crippen molar-refractivity contribution >= 4 is 53.2 Å². The van der Waals surface area contributed by atoms with Gasteiger partial charge in [-0.3, -0.25) is 4.79 Å². The number of anilines is 2. The molecule has 25 heavy (non-hydrogen) atoms. The van der Waals surface area contributed by atoms with Crippen LogP contribution in [0.4, 0.5) is 11.6 Å². The number of para-hydroxylation sites is 1. The lowest BCUT2D eigenvalue weighted by atomic mass is 10.1. The van der Waals surface area contributed by atoms with Crippen molar-refractivity contribution in [1.29, 1.82) is 0 Å². The quantitative estimate of drug-likeness (QED) is 0.673. The fraction of sp³-hybridized carbons (Fsp3) is 0. The topological polar surface area (TPSA) is 80.9 Å². The number of hydrogen-bond acceptors (Lipinski definition) is 4. The summed E-state index contributed by atoms with van der Waals surface area (Å²) < 4.78 is 0. The first-order chi connectivity index (χ1) is 11.5. The molecule has 3 rings (SSSR count). The number of hydrogen-bond donors (Lipinski definition) is 2. The average Bonchev–Trinajstić information content (AvgIpc) is 2.54. The first kappa shape index (κ1) is 19.0. The number of rotatable bonds is 3. The Bertz CT molecular complexity index is 898. The summed E-state index contributed by atoms with van der Waals surface area (Å²) in [5, 5.41) is 3.63. The van der Waals surface area contributed by atoms with E-state index in [1.54, 1.807) is 36.5 Å². The molecule has 0 saturated heterocycles. The molecule has 0 aliphatic heterocycles. The molecular weight excluding hydrogens is 383 g/mol. The van der Waals surface area contributed by atoms with E-state index >= 15 is 0 Å². The third-order valence-electron chi connectivity index (χ3n) is 3.25.